The van der Waals surface area contributed by atoms with Gasteiger partial charge in [-0.05, 0) is 36.6 Å². The van der Waals surface area contributed by atoms with Gasteiger partial charge in [-0.1, -0.05) is 11.6 Å². The van der Waals surface area contributed by atoms with Gasteiger partial charge in [0, 0.05) is 28.9 Å². The standard InChI is InChI=1S/C20H15ClN4O3S/c1-29-20-14(21)5-4-13-18(20)25(10-17(26)27)15-8-11(2-3-12(15)19(13)28)24-16-9-22-6-7-23-16/h2-9H,10H2,1H3,(H,23,24)(H,26,27). The Morgan fingerprint density at radius 3 is 2.72 bits per heavy atom. The minimum absolute atomic E-state index is 0.172. The van der Waals surface area contributed by atoms with Gasteiger partial charge in [-0.25, -0.2) is 4.98 Å². The van der Waals surface area contributed by atoms with Crippen molar-refractivity contribution >= 4 is 62.6 Å². The van der Waals surface area contributed by atoms with Gasteiger partial charge in [0.1, 0.15) is 12.4 Å². The third kappa shape index (κ3) is 3.52. The van der Waals surface area contributed by atoms with E-state index >= 15 is 0 Å². The van der Waals surface area contributed by atoms with Gasteiger partial charge in [0.15, 0.2) is 5.43 Å². The number of carboxylic acid groups (broad SMARTS) is 1. The van der Waals surface area contributed by atoms with Crippen molar-refractivity contribution in [2.24, 2.45) is 0 Å². The average Bonchev–Trinajstić information content (AvgIpc) is 2.71. The Kier molecular flexibility index (Phi) is 5.12. The second-order valence-corrected chi connectivity index (χ2v) is 7.46. The van der Waals surface area contributed by atoms with Crippen LogP contribution in [0.3, 0.4) is 0 Å². The van der Waals surface area contributed by atoms with Gasteiger partial charge in [-0.3, -0.25) is 14.6 Å². The molecule has 0 aliphatic carbocycles. The van der Waals surface area contributed by atoms with E-state index in [1.807, 2.05) is 6.26 Å². The van der Waals surface area contributed by atoms with Crippen LogP contribution in [0, 0.1) is 0 Å². The molecule has 0 unspecified atom stereocenters. The molecule has 0 aliphatic rings. The topological polar surface area (TPSA) is 97.1 Å². The van der Waals surface area contributed by atoms with E-state index in [0.717, 1.165) is 0 Å². The van der Waals surface area contributed by atoms with Crippen LogP contribution in [0.15, 0.2) is 58.6 Å². The Morgan fingerprint density at radius 2 is 2.03 bits per heavy atom. The van der Waals surface area contributed by atoms with Gasteiger partial charge in [-0.2, -0.15) is 0 Å². The quantitative estimate of drug-likeness (QED) is 0.365. The summed E-state index contributed by atoms with van der Waals surface area (Å²) >= 11 is 7.71. The van der Waals surface area contributed by atoms with E-state index < -0.39 is 5.97 Å². The predicted molar refractivity (Wildman–Crippen MR) is 115 cm³/mol. The molecule has 0 saturated heterocycles. The first kappa shape index (κ1) is 19.2. The Bertz CT molecular complexity index is 1310. The van der Waals surface area contributed by atoms with Crippen LogP contribution in [0.1, 0.15) is 0 Å². The molecule has 2 N–H and O–H groups in total. The SMILES string of the molecule is CSc1c(Cl)ccc2c(=O)c3ccc(Nc4cnccn4)cc3n(CC(=O)O)c12. The van der Waals surface area contributed by atoms with Crippen LogP contribution in [-0.4, -0.2) is 31.9 Å². The summed E-state index contributed by atoms with van der Waals surface area (Å²) < 4.78 is 1.62. The van der Waals surface area contributed by atoms with Crippen molar-refractivity contribution < 1.29 is 9.90 Å². The molecule has 0 radical (unpaired) electrons. The van der Waals surface area contributed by atoms with Crippen molar-refractivity contribution in [1.82, 2.24) is 14.5 Å². The molecule has 2 heterocycles. The zero-order valence-corrected chi connectivity index (χ0v) is 16.8. The Hall–Kier alpha value is -3.10. The third-order valence-electron chi connectivity index (χ3n) is 4.46. The van der Waals surface area contributed by atoms with Crippen LogP contribution in [0.5, 0.6) is 0 Å². The van der Waals surface area contributed by atoms with Crippen molar-refractivity contribution in [3.8, 4) is 0 Å². The van der Waals surface area contributed by atoms with E-state index in [2.05, 4.69) is 15.3 Å². The number of halogens is 1. The van der Waals surface area contributed by atoms with Crippen molar-refractivity contribution in [1.29, 1.82) is 0 Å². The van der Waals surface area contributed by atoms with Gasteiger partial charge in [0.25, 0.3) is 0 Å². The van der Waals surface area contributed by atoms with Crippen LogP contribution in [-0.2, 0) is 11.3 Å². The van der Waals surface area contributed by atoms with E-state index in [4.69, 9.17) is 11.6 Å². The lowest BCUT2D eigenvalue weighted by molar-refractivity contribution is -0.137. The molecular formula is C20H15ClN4O3S. The summed E-state index contributed by atoms with van der Waals surface area (Å²) in [5.41, 5.74) is 1.50. The van der Waals surface area contributed by atoms with Gasteiger partial charge >= 0.3 is 5.97 Å². The maximum atomic E-state index is 13.1. The molecule has 0 aliphatic heterocycles. The van der Waals surface area contributed by atoms with Gasteiger partial charge in [0.05, 0.1) is 27.1 Å². The summed E-state index contributed by atoms with van der Waals surface area (Å²) in [6.45, 7) is -0.310. The number of hydrogen-bond donors (Lipinski definition) is 2. The predicted octanol–water partition coefficient (Wildman–Crippen LogP) is 4.15. The van der Waals surface area contributed by atoms with Gasteiger partial charge in [-0.15, -0.1) is 11.8 Å². The average molecular weight is 427 g/mol. The molecule has 0 saturated carbocycles. The molecular weight excluding hydrogens is 412 g/mol. The number of thioether (sulfide) groups is 1. The first-order valence-corrected chi connectivity index (χ1v) is 10.2. The number of pyridine rings is 1. The first-order valence-electron chi connectivity index (χ1n) is 8.57. The van der Waals surface area contributed by atoms with Crippen LogP contribution in [0.2, 0.25) is 5.02 Å². The normalized spacial score (nSPS) is 11.1. The summed E-state index contributed by atoms with van der Waals surface area (Å²) in [5.74, 6) is -0.483. The zero-order chi connectivity index (χ0) is 20.5. The van der Waals surface area contributed by atoms with Crippen LogP contribution in [0.25, 0.3) is 21.8 Å². The summed E-state index contributed by atoms with van der Waals surface area (Å²) in [4.78, 5) is 33.6. The number of nitrogens with one attached hydrogen (secondary N) is 1. The lowest BCUT2D eigenvalue weighted by Gasteiger charge is -2.17. The molecule has 0 spiro atoms. The zero-order valence-electron chi connectivity index (χ0n) is 15.2. The molecule has 2 aromatic carbocycles. The molecule has 146 valence electrons. The highest BCUT2D eigenvalue weighted by Crippen LogP contribution is 2.34. The summed E-state index contributed by atoms with van der Waals surface area (Å²) in [6.07, 6.45) is 6.53. The van der Waals surface area contributed by atoms with Crippen molar-refractivity contribution in [2.45, 2.75) is 11.4 Å². The Morgan fingerprint density at radius 1 is 1.24 bits per heavy atom. The van der Waals surface area contributed by atoms with E-state index in [1.54, 1.807) is 53.5 Å². The van der Waals surface area contributed by atoms with Crippen LogP contribution in [0.4, 0.5) is 11.5 Å². The fraction of sp³-hybridized carbons (Fsp3) is 0.100. The molecule has 29 heavy (non-hydrogen) atoms. The molecule has 0 bridgehead atoms. The van der Waals surface area contributed by atoms with Gasteiger partial charge in [0.2, 0.25) is 0 Å². The number of carboxylic acids is 1. The highest BCUT2D eigenvalue weighted by Gasteiger charge is 2.18. The van der Waals surface area contributed by atoms with E-state index in [0.29, 0.717) is 43.2 Å². The van der Waals surface area contributed by atoms with Crippen LogP contribution >= 0.6 is 23.4 Å². The smallest absolute Gasteiger partial charge is 0.323 e. The fourth-order valence-corrected chi connectivity index (χ4v) is 4.35. The fourth-order valence-electron chi connectivity index (χ4n) is 3.29. The van der Waals surface area contributed by atoms with Crippen LogP contribution < -0.4 is 10.7 Å². The summed E-state index contributed by atoms with van der Waals surface area (Å²) in [6, 6.07) is 8.47. The minimum atomic E-state index is -1.02. The van der Waals surface area contributed by atoms with E-state index in [9.17, 15) is 14.7 Å². The molecule has 0 amide bonds. The first-order chi connectivity index (χ1) is 14.0. The van der Waals surface area contributed by atoms with Crippen molar-refractivity contribution in [2.75, 3.05) is 11.6 Å². The highest BCUT2D eigenvalue weighted by atomic mass is 35.5. The monoisotopic (exact) mass is 426 g/mol. The molecule has 2 aromatic heterocycles. The lowest BCUT2D eigenvalue weighted by atomic mass is 10.1. The summed E-state index contributed by atoms with van der Waals surface area (Å²) in [5, 5.41) is 14.0. The second kappa shape index (κ2) is 7.73. The van der Waals surface area contributed by atoms with Crippen molar-refractivity contribution in [3.05, 3.63) is 64.2 Å². The molecule has 9 heteroatoms. The number of nitrogens with zero attached hydrogens (tertiary/aromatic N) is 3. The molecule has 0 atom stereocenters. The Balaban J connectivity index is 2.05. The highest BCUT2D eigenvalue weighted by molar-refractivity contribution is 7.99. The number of fused-ring (bicyclic) bond motifs is 2. The maximum Gasteiger partial charge on any atom is 0.323 e. The number of aliphatic carboxylic acids is 1. The summed E-state index contributed by atoms with van der Waals surface area (Å²) in [7, 11) is 0. The van der Waals surface area contributed by atoms with Crippen molar-refractivity contribution in [3.63, 3.8) is 0 Å². The number of aromatic nitrogens is 3. The number of rotatable bonds is 5. The Labute approximate surface area is 174 Å². The molecule has 7 nitrogen and oxygen atoms in total. The number of anilines is 2. The number of hydrogen-bond acceptors (Lipinski definition) is 6. The maximum absolute atomic E-state index is 13.1. The third-order valence-corrected chi connectivity index (χ3v) is 5.71. The minimum Gasteiger partial charge on any atom is -0.480 e. The molecule has 4 rings (SSSR count). The molecule has 4 aromatic rings. The van der Waals surface area contributed by atoms with Gasteiger partial charge < -0.3 is 15.0 Å². The second-order valence-electron chi connectivity index (χ2n) is 6.23. The molecule has 0 fully saturated rings. The van der Waals surface area contributed by atoms with E-state index in [1.165, 1.54) is 11.8 Å². The lowest BCUT2D eigenvalue weighted by Crippen LogP contribution is -2.17. The number of benzene rings is 2. The number of carbonyl (C=O) groups is 1. The largest absolute Gasteiger partial charge is 0.480 e. The van der Waals surface area contributed by atoms with E-state index in [-0.39, 0.29) is 12.0 Å².